The number of aryl methyl sites for hydroxylation is 1. The number of hydrogen-bond acceptors (Lipinski definition) is 3. The average molecular weight is 360 g/mol. The molecule has 0 aromatic heterocycles. The first-order valence-corrected chi connectivity index (χ1v) is 9.81. The number of carbonyl (C=O) groups is 1. The second-order valence-electron chi connectivity index (χ2n) is 6.13. The van der Waals surface area contributed by atoms with E-state index in [4.69, 9.17) is 0 Å². The normalized spacial score (nSPS) is 12.4. The molecule has 0 heterocycles. The van der Waals surface area contributed by atoms with E-state index < -0.39 is 10.0 Å². The van der Waals surface area contributed by atoms with Gasteiger partial charge in [-0.2, -0.15) is 0 Å². The Morgan fingerprint density at radius 2 is 1.72 bits per heavy atom. The summed E-state index contributed by atoms with van der Waals surface area (Å²) in [5, 5.41) is 2.90. The number of rotatable bonds is 7. The van der Waals surface area contributed by atoms with Crippen molar-refractivity contribution in [3.63, 3.8) is 0 Å². The van der Waals surface area contributed by atoms with Crippen LogP contribution in [0.15, 0.2) is 53.4 Å². The van der Waals surface area contributed by atoms with Crippen LogP contribution in [0.4, 0.5) is 5.69 Å². The van der Waals surface area contributed by atoms with E-state index in [1.54, 1.807) is 48.5 Å². The predicted molar refractivity (Wildman–Crippen MR) is 100 cm³/mol. The molecule has 0 aliphatic rings. The van der Waals surface area contributed by atoms with Gasteiger partial charge in [-0.25, -0.2) is 8.42 Å². The van der Waals surface area contributed by atoms with Crippen molar-refractivity contribution in [2.45, 2.75) is 44.6 Å². The van der Waals surface area contributed by atoms with Crippen LogP contribution in [0.1, 0.15) is 42.6 Å². The monoisotopic (exact) mass is 360 g/mol. The summed E-state index contributed by atoms with van der Waals surface area (Å²) < 4.78 is 27.7. The Bertz CT molecular complexity index is 830. The molecule has 0 fully saturated rings. The van der Waals surface area contributed by atoms with Gasteiger partial charge < -0.3 is 5.32 Å². The van der Waals surface area contributed by atoms with E-state index in [2.05, 4.69) is 10.0 Å². The van der Waals surface area contributed by atoms with E-state index in [-0.39, 0.29) is 22.5 Å². The topological polar surface area (TPSA) is 75.3 Å². The fraction of sp³-hybridized carbons (Fsp3) is 0.316. The maximum atomic E-state index is 12.6. The highest BCUT2D eigenvalue weighted by molar-refractivity contribution is 7.92. The van der Waals surface area contributed by atoms with Gasteiger partial charge in [-0.05, 0) is 44.5 Å². The molecule has 0 radical (unpaired) electrons. The maximum Gasteiger partial charge on any atom is 0.261 e. The summed E-state index contributed by atoms with van der Waals surface area (Å²) in [5.74, 6) is -0.289. The van der Waals surface area contributed by atoms with Crippen molar-refractivity contribution < 1.29 is 13.2 Å². The zero-order valence-corrected chi connectivity index (χ0v) is 15.6. The van der Waals surface area contributed by atoms with Crippen molar-refractivity contribution in [3.05, 3.63) is 59.7 Å². The second-order valence-corrected chi connectivity index (χ2v) is 7.81. The number of amides is 1. The summed E-state index contributed by atoms with van der Waals surface area (Å²) in [6.45, 7) is 5.87. The van der Waals surface area contributed by atoms with Gasteiger partial charge in [-0.3, -0.25) is 9.52 Å². The Balaban J connectivity index is 2.25. The molecule has 0 unspecified atom stereocenters. The van der Waals surface area contributed by atoms with Crippen LogP contribution in [0.25, 0.3) is 0 Å². The first-order chi connectivity index (χ1) is 11.8. The largest absolute Gasteiger partial charge is 0.350 e. The van der Waals surface area contributed by atoms with E-state index in [0.29, 0.717) is 5.56 Å². The standard InChI is InChI=1S/C19H24N2O3S/c1-4-7-15(3)20-19(22)17-8-5-6-9-18(17)21-25(23,24)16-12-10-14(2)11-13-16/h5-6,8-13,15,21H,4,7H2,1-3H3,(H,20,22)/t15-/m0/s1. The summed E-state index contributed by atoms with van der Waals surface area (Å²) in [5.41, 5.74) is 1.55. The molecule has 134 valence electrons. The van der Waals surface area contributed by atoms with Crippen LogP contribution in [-0.2, 0) is 10.0 Å². The lowest BCUT2D eigenvalue weighted by Crippen LogP contribution is -2.33. The molecule has 0 aliphatic carbocycles. The Labute approximate surface area is 149 Å². The SMILES string of the molecule is CCC[C@H](C)NC(=O)c1ccccc1NS(=O)(=O)c1ccc(C)cc1. The third-order valence-corrected chi connectivity index (χ3v) is 5.23. The highest BCUT2D eigenvalue weighted by atomic mass is 32.2. The van der Waals surface area contributed by atoms with Crippen LogP contribution in [-0.4, -0.2) is 20.4 Å². The summed E-state index contributed by atoms with van der Waals surface area (Å²) in [6, 6.07) is 13.2. The first-order valence-electron chi connectivity index (χ1n) is 8.33. The Hall–Kier alpha value is -2.34. The number of benzene rings is 2. The van der Waals surface area contributed by atoms with Gasteiger partial charge in [-0.15, -0.1) is 0 Å². The van der Waals surface area contributed by atoms with Gasteiger partial charge in [0, 0.05) is 6.04 Å². The molecule has 6 heteroatoms. The number of para-hydroxylation sites is 1. The van der Waals surface area contributed by atoms with Crippen LogP contribution < -0.4 is 10.0 Å². The van der Waals surface area contributed by atoms with E-state index in [1.807, 2.05) is 20.8 Å². The minimum atomic E-state index is -3.75. The smallest absolute Gasteiger partial charge is 0.261 e. The van der Waals surface area contributed by atoms with Crippen LogP contribution in [0.3, 0.4) is 0 Å². The molecular weight excluding hydrogens is 336 g/mol. The fourth-order valence-electron chi connectivity index (χ4n) is 2.50. The lowest BCUT2D eigenvalue weighted by molar-refractivity contribution is 0.0939. The van der Waals surface area contributed by atoms with Crippen LogP contribution in [0.2, 0.25) is 0 Å². The van der Waals surface area contributed by atoms with Gasteiger partial charge in [-0.1, -0.05) is 43.2 Å². The molecule has 1 atom stereocenters. The predicted octanol–water partition coefficient (Wildman–Crippen LogP) is 3.71. The minimum Gasteiger partial charge on any atom is -0.350 e. The van der Waals surface area contributed by atoms with Crippen molar-refractivity contribution in [1.29, 1.82) is 0 Å². The highest BCUT2D eigenvalue weighted by Gasteiger charge is 2.19. The Morgan fingerprint density at radius 1 is 1.08 bits per heavy atom. The zero-order valence-electron chi connectivity index (χ0n) is 14.7. The molecule has 25 heavy (non-hydrogen) atoms. The van der Waals surface area contributed by atoms with Crippen molar-refractivity contribution in [3.8, 4) is 0 Å². The summed E-state index contributed by atoms with van der Waals surface area (Å²) >= 11 is 0. The van der Waals surface area contributed by atoms with Gasteiger partial charge >= 0.3 is 0 Å². The molecule has 5 nitrogen and oxygen atoms in total. The van der Waals surface area contributed by atoms with Gasteiger partial charge in [0.2, 0.25) is 0 Å². The maximum absolute atomic E-state index is 12.6. The van der Waals surface area contributed by atoms with E-state index in [9.17, 15) is 13.2 Å². The molecule has 0 saturated carbocycles. The average Bonchev–Trinajstić information content (AvgIpc) is 2.55. The van der Waals surface area contributed by atoms with Gasteiger partial charge in [0.25, 0.3) is 15.9 Å². The molecule has 2 aromatic rings. The summed E-state index contributed by atoms with van der Waals surface area (Å²) in [6.07, 6.45) is 1.83. The zero-order chi connectivity index (χ0) is 18.4. The minimum absolute atomic E-state index is 0.0271. The number of sulfonamides is 1. The third-order valence-electron chi connectivity index (χ3n) is 3.85. The van der Waals surface area contributed by atoms with Crippen LogP contribution in [0.5, 0.6) is 0 Å². The molecule has 0 bridgehead atoms. The fourth-order valence-corrected chi connectivity index (χ4v) is 3.58. The summed E-state index contributed by atoms with van der Waals surface area (Å²) in [4.78, 5) is 12.6. The van der Waals surface area contributed by atoms with Crippen molar-refractivity contribution in [1.82, 2.24) is 5.32 Å². The third kappa shape index (κ3) is 5.06. The number of carbonyl (C=O) groups excluding carboxylic acids is 1. The van der Waals surface area contributed by atoms with Crippen molar-refractivity contribution >= 4 is 21.6 Å². The van der Waals surface area contributed by atoms with Crippen LogP contribution >= 0.6 is 0 Å². The molecule has 0 spiro atoms. The number of hydrogen-bond donors (Lipinski definition) is 2. The molecule has 2 N–H and O–H groups in total. The molecule has 0 saturated heterocycles. The first kappa shape index (κ1) is 19.0. The number of anilines is 1. The van der Waals surface area contributed by atoms with E-state index in [1.165, 1.54) is 0 Å². The van der Waals surface area contributed by atoms with Gasteiger partial charge in [0.15, 0.2) is 0 Å². The van der Waals surface area contributed by atoms with Crippen LogP contribution in [0, 0.1) is 6.92 Å². The molecule has 0 aliphatic heterocycles. The quantitative estimate of drug-likeness (QED) is 0.790. The Morgan fingerprint density at radius 3 is 2.36 bits per heavy atom. The second kappa shape index (κ2) is 8.16. The molecule has 1 amide bonds. The summed E-state index contributed by atoms with van der Waals surface area (Å²) in [7, 11) is -3.75. The van der Waals surface area contributed by atoms with Crippen molar-refractivity contribution in [2.24, 2.45) is 0 Å². The van der Waals surface area contributed by atoms with Gasteiger partial charge in [0.05, 0.1) is 16.1 Å². The highest BCUT2D eigenvalue weighted by Crippen LogP contribution is 2.20. The van der Waals surface area contributed by atoms with E-state index in [0.717, 1.165) is 18.4 Å². The number of nitrogens with one attached hydrogen (secondary N) is 2. The molecule has 2 rings (SSSR count). The molecule has 2 aromatic carbocycles. The van der Waals surface area contributed by atoms with E-state index >= 15 is 0 Å². The Kier molecular flexibility index (Phi) is 6.20. The molecular formula is C19H24N2O3S. The lowest BCUT2D eigenvalue weighted by Gasteiger charge is -2.16. The van der Waals surface area contributed by atoms with Crippen molar-refractivity contribution in [2.75, 3.05) is 4.72 Å². The lowest BCUT2D eigenvalue weighted by atomic mass is 10.1. The van der Waals surface area contributed by atoms with Gasteiger partial charge in [0.1, 0.15) is 0 Å².